The molecular weight excluding hydrogens is 376 g/mol. The van der Waals surface area contributed by atoms with E-state index >= 15 is 0 Å². The molecule has 0 amide bonds. The average Bonchev–Trinajstić information content (AvgIpc) is 3.05. The minimum absolute atomic E-state index is 0.0896. The third-order valence-corrected chi connectivity index (χ3v) is 11.0. The van der Waals surface area contributed by atoms with Crippen LogP contribution in [0.4, 0.5) is 0 Å². The lowest BCUT2D eigenvalue weighted by Crippen LogP contribution is -2.50. The molecule has 0 heterocycles. The normalized spacial score (nSPS) is 44.9. The van der Waals surface area contributed by atoms with Crippen molar-refractivity contribution in [2.24, 2.45) is 51.8 Å². The molecule has 0 spiro atoms. The number of aliphatic hydroxyl groups excluding tert-OH is 1. The second-order valence-corrected chi connectivity index (χ2v) is 13.5. The first-order chi connectivity index (χ1) is 14.5. The van der Waals surface area contributed by atoms with Gasteiger partial charge in [-0.2, -0.15) is 0 Å². The van der Waals surface area contributed by atoms with E-state index in [0.29, 0.717) is 28.1 Å². The Hall–Kier alpha value is -0.560. The SMILES string of the molecule is CCC(/C=C/C(C)C1CCC2C3CC=C4CC(O)CCC4(C)C3CCC12C)C(C)(C)C. The van der Waals surface area contributed by atoms with Crippen LogP contribution in [-0.4, -0.2) is 11.2 Å². The van der Waals surface area contributed by atoms with Crippen molar-refractivity contribution in [3.05, 3.63) is 23.8 Å². The van der Waals surface area contributed by atoms with E-state index < -0.39 is 0 Å². The van der Waals surface area contributed by atoms with Crippen LogP contribution in [0.2, 0.25) is 0 Å². The maximum absolute atomic E-state index is 10.3. The minimum atomic E-state index is -0.0896. The van der Waals surface area contributed by atoms with Crippen LogP contribution in [0.1, 0.15) is 106 Å². The van der Waals surface area contributed by atoms with Gasteiger partial charge in [0.05, 0.1) is 6.10 Å². The summed E-state index contributed by atoms with van der Waals surface area (Å²) < 4.78 is 0. The number of allylic oxidation sites excluding steroid dienone is 3. The van der Waals surface area contributed by atoms with Crippen molar-refractivity contribution >= 4 is 0 Å². The Morgan fingerprint density at radius 2 is 1.81 bits per heavy atom. The first-order valence-electron chi connectivity index (χ1n) is 13.6. The number of hydrogen-bond donors (Lipinski definition) is 1. The van der Waals surface area contributed by atoms with Crippen LogP contribution < -0.4 is 0 Å². The third kappa shape index (κ3) is 4.00. The molecule has 0 aromatic heterocycles. The van der Waals surface area contributed by atoms with Crippen LogP contribution in [0.3, 0.4) is 0 Å². The van der Waals surface area contributed by atoms with Crippen LogP contribution in [0.25, 0.3) is 0 Å². The van der Waals surface area contributed by atoms with Crippen LogP contribution in [0.5, 0.6) is 0 Å². The molecular formula is C30H50O. The van der Waals surface area contributed by atoms with Gasteiger partial charge in [-0.15, -0.1) is 0 Å². The van der Waals surface area contributed by atoms with Crippen LogP contribution >= 0.6 is 0 Å². The third-order valence-electron chi connectivity index (χ3n) is 11.0. The minimum Gasteiger partial charge on any atom is -0.393 e. The molecule has 1 N–H and O–H groups in total. The lowest BCUT2D eigenvalue weighted by atomic mass is 9.47. The monoisotopic (exact) mass is 426 g/mol. The summed E-state index contributed by atoms with van der Waals surface area (Å²) in [7, 11) is 0. The van der Waals surface area contributed by atoms with Gasteiger partial charge in [0, 0.05) is 0 Å². The topological polar surface area (TPSA) is 20.2 Å². The smallest absolute Gasteiger partial charge is 0.0577 e. The zero-order valence-corrected chi connectivity index (χ0v) is 21.6. The molecule has 176 valence electrons. The highest BCUT2D eigenvalue weighted by molar-refractivity contribution is 5.25. The fraction of sp³-hybridized carbons (Fsp3) is 0.867. The summed E-state index contributed by atoms with van der Waals surface area (Å²) >= 11 is 0. The summed E-state index contributed by atoms with van der Waals surface area (Å²) in [5.41, 5.74) is 2.85. The molecule has 4 aliphatic rings. The molecule has 4 rings (SSSR count). The van der Waals surface area contributed by atoms with Crippen molar-refractivity contribution in [3.8, 4) is 0 Å². The molecule has 9 unspecified atom stereocenters. The Morgan fingerprint density at radius 1 is 1.06 bits per heavy atom. The highest BCUT2D eigenvalue weighted by atomic mass is 16.3. The van der Waals surface area contributed by atoms with Gasteiger partial charge in [0.2, 0.25) is 0 Å². The number of rotatable bonds is 4. The molecule has 3 fully saturated rings. The second kappa shape index (κ2) is 8.34. The van der Waals surface area contributed by atoms with Crippen LogP contribution in [0, 0.1) is 51.8 Å². The molecule has 0 radical (unpaired) electrons. The Morgan fingerprint density at radius 3 is 2.48 bits per heavy atom. The number of aliphatic hydroxyl groups is 1. The lowest BCUT2D eigenvalue weighted by Gasteiger charge is -2.58. The fourth-order valence-electron chi connectivity index (χ4n) is 9.03. The van der Waals surface area contributed by atoms with Crippen molar-refractivity contribution < 1.29 is 5.11 Å². The fourth-order valence-corrected chi connectivity index (χ4v) is 9.03. The van der Waals surface area contributed by atoms with Crippen LogP contribution in [-0.2, 0) is 0 Å². The highest BCUT2D eigenvalue weighted by Gasteiger charge is 2.58. The quantitative estimate of drug-likeness (QED) is 0.449. The molecule has 0 aromatic rings. The predicted molar refractivity (Wildman–Crippen MR) is 133 cm³/mol. The van der Waals surface area contributed by atoms with E-state index in [9.17, 15) is 5.11 Å². The summed E-state index contributed by atoms with van der Waals surface area (Å²) in [6, 6.07) is 0. The molecule has 1 heteroatoms. The summed E-state index contributed by atoms with van der Waals surface area (Å²) in [5.74, 6) is 4.85. The highest BCUT2D eigenvalue weighted by Crippen LogP contribution is 2.67. The molecule has 0 bridgehead atoms. The lowest BCUT2D eigenvalue weighted by molar-refractivity contribution is -0.0540. The number of fused-ring (bicyclic) bond motifs is 5. The zero-order valence-electron chi connectivity index (χ0n) is 21.6. The Labute approximate surface area is 193 Å². The summed E-state index contributed by atoms with van der Waals surface area (Å²) in [6.07, 6.45) is 19.0. The van der Waals surface area contributed by atoms with Crippen molar-refractivity contribution in [1.82, 2.24) is 0 Å². The van der Waals surface area contributed by atoms with E-state index in [1.54, 1.807) is 5.57 Å². The van der Waals surface area contributed by atoms with E-state index in [2.05, 4.69) is 66.7 Å². The van der Waals surface area contributed by atoms with Gasteiger partial charge in [-0.3, -0.25) is 0 Å². The zero-order chi connectivity index (χ0) is 22.6. The molecule has 0 aliphatic heterocycles. The van der Waals surface area contributed by atoms with Crippen molar-refractivity contribution in [2.45, 2.75) is 112 Å². The van der Waals surface area contributed by atoms with Gasteiger partial charge in [0.15, 0.2) is 0 Å². The van der Waals surface area contributed by atoms with E-state index in [4.69, 9.17) is 0 Å². The average molecular weight is 427 g/mol. The van der Waals surface area contributed by atoms with Gasteiger partial charge in [0.1, 0.15) is 0 Å². The van der Waals surface area contributed by atoms with E-state index in [1.165, 1.54) is 44.9 Å². The maximum atomic E-state index is 10.3. The van der Waals surface area contributed by atoms with Gasteiger partial charge < -0.3 is 5.11 Å². The Balaban J connectivity index is 1.52. The molecule has 3 saturated carbocycles. The molecule has 9 atom stereocenters. The largest absolute Gasteiger partial charge is 0.393 e. The summed E-state index contributed by atoms with van der Waals surface area (Å²) in [6.45, 7) is 17.2. The van der Waals surface area contributed by atoms with Gasteiger partial charge in [-0.05, 0) is 110 Å². The maximum Gasteiger partial charge on any atom is 0.0577 e. The van der Waals surface area contributed by atoms with E-state index in [1.807, 2.05) is 0 Å². The first kappa shape index (κ1) is 23.6. The molecule has 0 aromatic carbocycles. The molecule has 31 heavy (non-hydrogen) atoms. The van der Waals surface area contributed by atoms with Crippen molar-refractivity contribution in [3.63, 3.8) is 0 Å². The van der Waals surface area contributed by atoms with Gasteiger partial charge in [-0.1, -0.05) is 72.3 Å². The Kier molecular flexibility index (Phi) is 6.35. The van der Waals surface area contributed by atoms with Gasteiger partial charge in [-0.25, -0.2) is 0 Å². The van der Waals surface area contributed by atoms with Gasteiger partial charge in [0.25, 0.3) is 0 Å². The molecule has 4 aliphatic carbocycles. The van der Waals surface area contributed by atoms with Crippen LogP contribution in [0.15, 0.2) is 23.8 Å². The Bertz CT molecular complexity index is 710. The van der Waals surface area contributed by atoms with E-state index in [0.717, 1.165) is 36.5 Å². The van der Waals surface area contributed by atoms with E-state index in [-0.39, 0.29) is 6.10 Å². The van der Waals surface area contributed by atoms with Gasteiger partial charge >= 0.3 is 0 Å². The molecule has 1 nitrogen and oxygen atoms in total. The van der Waals surface area contributed by atoms with Crippen molar-refractivity contribution in [1.29, 1.82) is 0 Å². The standard InChI is InChI=1S/C30H50O/c1-8-21(28(3,4)5)10-9-20(2)25-13-14-26-24-12-11-22-19-23(31)15-17-29(22,6)27(24)16-18-30(25,26)7/h9-11,20-21,23-27,31H,8,12-19H2,1-7H3/b10-9+. The summed E-state index contributed by atoms with van der Waals surface area (Å²) in [4.78, 5) is 0. The summed E-state index contributed by atoms with van der Waals surface area (Å²) in [5, 5.41) is 10.3. The predicted octanol–water partition coefficient (Wildman–Crippen LogP) is 8.19. The first-order valence-corrected chi connectivity index (χ1v) is 13.6. The number of hydrogen-bond acceptors (Lipinski definition) is 1. The second-order valence-electron chi connectivity index (χ2n) is 13.5. The molecule has 0 saturated heterocycles. The van der Waals surface area contributed by atoms with Crippen molar-refractivity contribution in [2.75, 3.05) is 0 Å².